The van der Waals surface area contributed by atoms with Gasteiger partial charge in [0.1, 0.15) is 4.99 Å². The van der Waals surface area contributed by atoms with E-state index >= 15 is 0 Å². The first-order valence-electron chi connectivity index (χ1n) is 6.12. The van der Waals surface area contributed by atoms with Gasteiger partial charge in [-0.15, -0.1) is 11.3 Å². The van der Waals surface area contributed by atoms with Crippen LogP contribution in [0, 0.1) is 13.8 Å². The summed E-state index contributed by atoms with van der Waals surface area (Å²) in [5.41, 5.74) is 9.96. The molecule has 19 heavy (non-hydrogen) atoms. The van der Waals surface area contributed by atoms with Crippen LogP contribution < -0.4 is 11.1 Å². The Kier molecular flexibility index (Phi) is 4.50. The van der Waals surface area contributed by atoms with E-state index in [0.717, 1.165) is 40.5 Å². The van der Waals surface area contributed by atoms with E-state index in [4.69, 9.17) is 18.0 Å². The second-order valence-corrected chi connectivity index (χ2v) is 5.90. The van der Waals surface area contributed by atoms with Crippen LogP contribution >= 0.6 is 23.6 Å². The fourth-order valence-electron chi connectivity index (χ4n) is 1.95. The van der Waals surface area contributed by atoms with Gasteiger partial charge in [0.25, 0.3) is 0 Å². The van der Waals surface area contributed by atoms with Gasteiger partial charge in [0.15, 0.2) is 0 Å². The molecule has 2 rings (SSSR count). The first-order chi connectivity index (χ1) is 9.08. The molecule has 0 bridgehead atoms. The van der Waals surface area contributed by atoms with Crippen molar-refractivity contribution in [1.82, 2.24) is 4.98 Å². The maximum absolute atomic E-state index is 5.75. The second-order valence-electron chi connectivity index (χ2n) is 4.40. The molecule has 1 heterocycles. The molecule has 2 aromatic rings. The summed E-state index contributed by atoms with van der Waals surface area (Å²) >= 11 is 6.77. The van der Waals surface area contributed by atoms with Gasteiger partial charge < -0.3 is 11.1 Å². The van der Waals surface area contributed by atoms with Crippen LogP contribution in [-0.4, -0.2) is 16.5 Å². The summed E-state index contributed by atoms with van der Waals surface area (Å²) in [6, 6.07) is 5.97. The lowest BCUT2D eigenvalue weighted by Crippen LogP contribution is -2.15. The number of aromatic nitrogens is 1. The zero-order chi connectivity index (χ0) is 13.8. The molecule has 0 saturated heterocycles. The number of thiocarbonyl (C=S) groups is 1. The molecule has 0 unspecified atom stereocenters. The molecule has 0 atom stereocenters. The van der Waals surface area contributed by atoms with Crippen LogP contribution in [0.25, 0.3) is 0 Å². The highest BCUT2D eigenvalue weighted by Gasteiger charge is 2.07. The smallest absolute Gasteiger partial charge is 0.106 e. The van der Waals surface area contributed by atoms with Gasteiger partial charge in [-0.3, -0.25) is 0 Å². The number of benzene rings is 1. The number of rotatable bonds is 5. The zero-order valence-corrected chi connectivity index (χ0v) is 12.7. The van der Waals surface area contributed by atoms with Crippen LogP contribution in [0.1, 0.15) is 21.8 Å². The fourth-order valence-corrected chi connectivity index (χ4v) is 2.76. The fraction of sp³-hybridized carbons (Fsp3) is 0.286. The van der Waals surface area contributed by atoms with Crippen molar-refractivity contribution in [3.63, 3.8) is 0 Å². The summed E-state index contributed by atoms with van der Waals surface area (Å²) in [4.78, 5) is 4.88. The lowest BCUT2D eigenvalue weighted by Gasteiger charge is -2.13. The highest BCUT2D eigenvalue weighted by atomic mass is 32.1. The molecule has 1 aromatic carbocycles. The van der Waals surface area contributed by atoms with Crippen molar-refractivity contribution < 1.29 is 0 Å². The van der Waals surface area contributed by atoms with Gasteiger partial charge >= 0.3 is 0 Å². The van der Waals surface area contributed by atoms with Crippen LogP contribution in [0.2, 0.25) is 0 Å². The van der Waals surface area contributed by atoms with Crippen molar-refractivity contribution >= 4 is 34.2 Å². The third-order valence-corrected chi connectivity index (χ3v) is 3.93. The molecule has 0 saturated carbocycles. The number of hydrogen-bond donors (Lipinski definition) is 2. The van der Waals surface area contributed by atoms with Gasteiger partial charge in [-0.1, -0.05) is 24.4 Å². The molecule has 0 amide bonds. The van der Waals surface area contributed by atoms with E-state index < -0.39 is 0 Å². The molecule has 0 aliphatic carbocycles. The van der Waals surface area contributed by atoms with Crippen molar-refractivity contribution in [2.24, 2.45) is 5.73 Å². The van der Waals surface area contributed by atoms with Crippen LogP contribution in [0.4, 0.5) is 5.69 Å². The van der Waals surface area contributed by atoms with Crippen LogP contribution in [0.3, 0.4) is 0 Å². The number of nitrogens with one attached hydrogen (secondary N) is 1. The Labute approximate surface area is 122 Å². The molecule has 3 N–H and O–H groups in total. The molecule has 0 spiro atoms. The largest absolute Gasteiger partial charge is 0.389 e. The highest BCUT2D eigenvalue weighted by Crippen LogP contribution is 2.20. The first-order valence-corrected chi connectivity index (χ1v) is 7.41. The topological polar surface area (TPSA) is 50.9 Å². The Morgan fingerprint density at radius 3 is 2.84 bits per heavy atom. The van der Waals surface area contributed by atoms with Gasteiger partial charge in [0, 0.05) is 29.6 Å². The van der Waals surface area contributed by atoms with Crippen molar-refractivity contribution in [3.8, 4) is 0 Å². The third kappa shape index (κ3) is 3.52. The second kappa shape index (κ2) is 6.12. The Hall–Kier alpha value is -1.46. The van der Waals surface area contributed by atoms with E-state index in [1.807, 2.05) is 19.1 Å². The molecule has 3 nitrogen and oxygen atoms in total. The molecule has 5 heteroatoms. The van der Waals surface area contributed by atoms with E-state index in [1.54, 1.807) is 11.3 Å². The molecular formula is C14H17N3S2. The summed E-state index contributed by atoms with van der Waals surface area (Å²) in [5, 5.41) is 6.62. The summed E-state index contributed by atoms with van der Waals surface area (Å²) in [7, 11) is 0. The number of aryl methyl sites for hydroxylation is 2. The first kappa shape index (κ1) is 14.0. The van der Waals surface area contributed by atoms with Crippen molar-refractivity contribution in [1.29, 1.82) is 0 Å². The van der Waals surface area contributed by atoms with E-state index in [0.29, 0.717) is 4.99 Å². The summed E-state index contributed by atoms with van der Waals surface area (Å²) < 4.78 is 0. The van der Waals surface area contributed by atoms with Crippen LogP contribution in [0.15, 0.2) is 23.6 Å². The zero-order valence-electron chi connectivity index (χ0n) is 11.1. The van der Waals surface area contributed by atoms with Gasteiger partial charge in [0.2, 0.25) is 0 Å². The molecule has 0 radical (unpaired) electrons. The quantitative estimate of drug-likeness (QED) is 0.831. The predicted octanol–water partition coefficient (Wildman–Crippen LogP) is 3.05. The average Bonchev–Trinajstić information content (AvgIpc) is 2.77. The SMILES string of the molecule is Cc1nc(CCNc2c(C)cccc2C(N)=S)cs1. The summed E-state index contributed by atoms with van der Waals surface area (Å²) in [6.45, 7) is 4.90. The number of anilines is 1. The van der Waals surface area contributed by atoms with Gasteiger partial charge in [-0.25, -0.2) is 4.98 Å². The number of nitrogens with two attached hydrogens (primary N) is 1. The third-order valence-electron chi connectivity index (χ3n) is 2.89. The van der Waals surface area contributed by atoms with E-state index in [9.17, 15) is 0 Å². The monoisotopic (exact) mass is 291 g/mol. The minimum Gasteiger partial charge on any atom is -0.389 e. The molecule has 1 aromatic heterocycles. The van der Waals surface area contributed by atoms with Crippen molar-refractivity contribution in [2.75, 3.05) is 11.9 Å². The normalized spacial score (nSPS) is 10.4. The maximum Gasteiger partial charge on any atom is 0.106 e. The van der Waals surface area contributed by atoms with Crippen molar-refractivity contribution in [2.45, 2.75) is 20.3 Å². The number of hydrogen-bond acceptors (Lipinski definition) is 4. The van der Waals surface area contributed by atoms with Gasteiger partial charge in [0.05, 0.1) is 10.7 Å². The Balaban J connectivity index is 2.05. The highest BCUT2D eigenvalue weighted by molar-refractivity contribution is 7.80. The summed E-state index contributed by atoms with van der Waals surface area (Å²) in [5.74, 6) is 0. The molecule has 0 fully saturated rings. The van der Waals surface area contributed by atoms with Crippen LogP contribution in [0.5, 0.6) is 0 Å². The van der Waals surface area contributed by atoms with Gasteiger partial charge in [-0.2, -0.15) is 0 Å². The molecule has 0 aliphatic heterocycles. The summed E-state index contributed by atoms with van der Waals surface area (Å²) in [6.07, 6.45) is 0.898. The Bertz CT molecular complexity index is 590. The number of nitrogens with zero attached hydrogens (tertiary/aromatic N) is 1. The Morgan fingerprint density at radius 2 is 2.21 bits per heavy atom. The lowest BCUT2D eigenvalue weighted by molar-refractivity contribution is 0.966. The molecular weight excluding hydrogens is 274 g/mol. The van der Waals surface area contributed by atoms with Crippen molar-refractivity contribution in [3.05, 3.63) is 45.4 Å². The molecule has 0 aliphatic rings. The Morgan fingerprint density at radius 1 is 1.42 bits per heavy atom. The van der Waals surface area contributed by atoms with E-state index in [1.165, 1.54) is 0 Å². The van der Waals surface area contributed by atoms with E-state index in [-0.39, 0.29) is 0 Å². The standard InChI is InChI=1S/C14H17N3S2/c1-9-4-3-5-12(14(15)18)13(9)16-7-6-11-8-19-10(2)17-11/h3-5,8,16H,6-7H2,1-2H3,(H2,15,18). The predicted molar refractivity (Wildman–Crippen MR) is 86.1 cm³/mol. The van der Waals surface area contributed by atoms with Crippen LogP contribution in [-0.2, 0) is 6.42 Å². The number of thiazole rings is 1. The number of para-hydroxylation sites is 1. The van der Waals surface area contributed by atoms with Gasteiger partial charge in [-0.05, 0) is 25.5 Å². The maximum atomic E-state index is 5.75. The minimum atomic E-state index is 0.427. The lowest BCUT2D eigenvalue weighted by atomic mass is 10.1. The minimum absolute atomic E-state index is 0.427. The molecule has 100 valence electrons. The average molecular weight is 291 g/mol. The van der Waals surface area contributed by atoms with E-state index in [2.05, 4.69) is 28.7 Å².